The molecule has 2 N–H and O–H groups in total. The molecule has 0 fully saturated rings. The van der Waals surface area contributed by atoms with Crippen LogP contribution < -0.4 is 5.32 Å². The lowest BCUT2D eigenvalue weighted by Gasteiger charge is -2.28. The highest BCUT2D eigenvalue weighted by atomic mass is 16.3. The highest BCUT2D eigenvalue weighted by Crippen LogP contribution is 2.21. The first-order valence-electron chi connectivity index (χ1n) is 7.93. The van der Waals surface area contributed by atoms with E-state index in [1.165, 1.54) is 0 Å². The fourth-order valence-corrected chi connectivity index (χ4v) is 3.12. The smallest absolute Gasteiger partial charge is 0.133 e. The van der Waals surface area contributed by atoms with E-state index in [0.29, 0.717) is 12.5 Å². The topological polar surface area (TPSA) is 63.0 Å². The largest absolute Gasteiger partial charge is 0.384 e. The van der Waals surface area contributed by atoms with Crippen molar-refractivity contribution in [1.29, 1.82) is 0 Å². The molecule has 2 aromatic rings. The second kappa shape index (κ2) is 6.18. The Labute approximate surface area is 131 Å². The van der Waals surface area contributed by atoms with Gasteiger partial charge in [0.15, 0.2) is 0 Å². The van der Waals surface area contributed by atoms with Gasteiger partial charge in [0, 0.05) is 19.5 Å². The van der Waals surface area contributed by atoms with Crippen molar-refractivity contribution in [3.05, 3.63) is 47.5 Å². The molecule has 0 spiro atoms. The van der Waals surface area contributed by atoms with Gasteiger partial charge < -0.3 is 15.0 Å². The van der Waals surface area contributed by atoms with Gasteiger partial charge >= 0.3 is 0 Å². The predicted octanol–water partition coefficient (Wildman–Crippen LogP) is 1.65. The zero-order valence-corrected chi connectivity index (χ0v) is 13.3. The van der Waals surface area contributed by atoms with Gasteiger partial charge in [-0.05, 0) is 38.3 Å². The summed E-state index contributed by atoms with van der Waals surface area (Å²) in [6.07, 6.45) is 2.11. The van der Waals surface area contributed by atoms with Crippen molar-refractivity contribution >= 4 is 0 Å². The van der Waals surface area contributed by atoms with Gasteiger partial charge in [0.05, 0.1) is 5.60 Å². The van der Waals surface area contributed by atoms with Crippen LogP contribution in [0.2, 0.25) is 0 Å². The maximum absolute atomic E-state index is 10.6. The van der Waals surface area contributed by atoms with Crippen molar-refractivity contribution in [3.8, 4) is 0 Å². The average Bonchev–Trinajstić information content (AvgIpc) is 2.89. The fraction of sp³-hybridized carbons (Fsp3) is 0.529. The first-order chi connectivity index (χ1) is 10.6. The van der Waals surface area contributed by atoms with Crippen molar-refractivity contribution in [3.63, 3.8) is 0 Å². The van der Waals surface area contributed by atoms with E-state index in [9.17, 15) is 5.11 Å². The second-order valence-electron chi connectivity index (χ2n) is 6.45. The van der Waals surface area contributed by atoms with Gasteiger partial charge in [0.25, 0.3) is 0 Å². The molecule has 118 valence electrons. The van der Waals surface area contributed by atoms with Crippen LogP contribution in [-0.4, -0.2) is 33.0 Å². The Bertz CT molecular complexity index is 621. The zero-order valence-electron chi connectivity index (χ0n) is 13.3. The third-order valence-electron chi connectivity index (χ3n) is 4.53. The average molecular weight is 300 g/mol. The summed E-state index contributed by atoms with van der Waals surface area (Å²) >= 11 is 0. The molecule has 5 heteroatoms. The highest BCUT2D eigenvalue weighted by molar-refractivity contribution is 5.21. The van der Waals surface area contributed by atoms with E-state index in [0.717, 1.165) is 43.1 Å². The van der Waals surface area contributed by atoms with Crippen molar-refractivity contribution in [2.45, 2.75) is 38.8 Å². The standard InChI is InChI=1S/C17H24N4O/c1-13-19-20-16-9-8-14(11-21(13)16)10-18-12-17(2,22)15-6-4-3-5-7-15/h3-7,14,18,22H,8-12H2,1-2H3/t14-,17+/m1/s1. The lowest BCUT2D eigenvalue weighted by atomic mass is 9.95. The van der Waals surface area contributed by atoms with Gasteiger partial charge in [0.1, 0.15) is 11.6 Å². The van der Waals surface area contributed by atoms with Crippen LogP contribution >= 0.6 is 0 Å². The molecular formula is C17H24N4O. The molecule has 0 aliphatic carbocycles. The molecule has 1 aliphatic heterocycles. The SMILES string of the molecule is Cc1nnc2n1C[C@@H](CNC[C@](C)(O)c1ccccc1)CC2. The number of aryl methyl sites for hydroxylation is 2. The zero-order chi connectivity index (χ0) is 15.6. The van der Waals surface area contributed by atoms with Crippen molar-refractivity contribution < 1.29 is 5.11 Å². The van der Waals surface area contributed by atoms with Crippen LogP contribution in [0.4, 0.5) is 0 Å². The van der Waals surface area contributed by atoms with E-state index in [1.807, 2.05) is 44.2 Å². The summed E-state index contributed by atoms with van der Waals surface area (Å²) in [4.78, 5) is 0. The molecule has 0 saturated carbocycles. The monoisotopic (exact) mass is 300 g/mol. The Hall–Kier alpha value is -1.72. The molecule has 1 aliphatic rings. The van der Waals surface area contributed by atoms with E-state index >= 15 is 0 Å². The highest BCUT2D eigenvalue weighted by Gasteiger charge is 2.24. The molecule has 0 unspecified atom stereocenters. The van der Waals surface area contributed by atoms with Crippen LogP contribution in [0, 0.1) is 12.8 Å². The van der Waals surface area contributed by atoms with Gasteiger partial charge in [0.2, 0.25) is 0 Å². The number of hydrogen-bond donors (Lipinski definition) is 2. The van der Waals surface area contributed by atoms with Crippen LogP contribution in [0.5, 0.6) is 0 Å². The number of rotatable bonds is 5. The molecule has 0 radical (unpaired) electrons. The lowest BCUT2D eigenvalue weighted by Crippen LogP contribution is -2.39. The van der Waals surface area contributed by atoms with Crippen LogP contribution in [0.15, 0.2) is 30.3 Å². The number of nitrogens with one attached hydrogen (secondary N) is 1. The third kappa shape index (κ3) is 3.20. The Morgan fingerprint density at radius 3 is 2.86 bits per heavy atom. The minimum Gasteiger partial charge on any atom is -0.384 e. The van der Waals surface area contributed by atoms with Crippen molar-refractivity contribution in [1.82, 2.24) is 20.1 Å². The molecule has 0 saturated heterocycles. The number of aliphatic hydroxyl groups is 1. The van der Waals surface area contributed by atoms with Crippen LogP contribution in [-0.2, 0) is 18.6 Å². The van der Waals surface area contributed by atoms with Gasteiger partial charge in [-0.1, -0.05) is 30.3 Å². The van der Waals surface area contributed by atoms with E-state index in [2.05, 4.69) is 20.1 Å². The maximum atomic E-state index is 10.6. The summed E-state index contributed by atoms with van der Waals surface area (Å²) in [5.74, 6) is 2.66. The lowest BCUT2D eigenvalue weighted by molar-refractivity contribution is 0.0555. The summed E-state index contributed by atoms with van der Waals surface area (Å²) in [6.45, 7) is 6.29. The Morgan fingerprint density at radius 2 is 2.09 bits per heavy atom. The van der Waals surface area contributed by atoms with Crippen LogP contribution in [0.25, 0.3) is 0 Å². The Morgan fingerprint density at radius 1 is 1.32 bits per heavy atom. The number of aromatic nitrogens is 3. The molecule has 22 heavy (non-hydrogen) atoms. The van der Waals surface area contributed by atoms with Gasteiger partial charge in [-0.25, -0.2) is 0 Å². The number of benzene rings is 1. The summed E-state index contributed by atoms with van der Waals surface area (Å²) in [7, 11) is 0. The fourth-order valence-electron chi connectivity index (χ4n) is 3.12. The molecule has 0 bridgehead atoms. The predicted molar refractivity (Wildman–Crippen MR) is 85.5 cm³/mol. The Balaban J connectivity index is 1.53. The third-order valence-corrected chi connectivity index (χ3v) is 4.53. The van der Waals surface area contributed by atoms with Crippen LogP contribution in [0.3, 0.4) is 0 Å². The molecule has 1 aromatic heterocycles. The first-order valence-corrected chi connectivity index (χ1v) is 7.93. The molecular weight excluding hydrogens is 276 g/mol. The number of fused-ring (bicyclic) bond motifs is 1. The van der Waals surface area contributed by atoms with Gasteiger partial charge in [-0.2, -0.15) is 0 Å². The van der Waals surface area contributed by atoms with Gasteiger partial charge in [-0.3, -0.25) is 0 Å². The normalized spacial score (nSPS) is 20.4. The van der Waals surface area contributed by atoms with Crippen LogP contribution in [0.1, 0.15) is 30.6 Å². The first kappa shape index (κ1) is 15.2. The molecule has 1 aromatic carbocycles. The van der Waals surface area contributed by atoms with E-state index in [4.69, 9.17) is 0 Å². The molecule has 0 amide bonds. The minimum absolute atomic E-state index is 0.557. The quantitative estimate of drug-likeness (QED) is 0.881. The van der Waals surface area contributed by atoms with E-state index in [-0.39, 0.29) is 0 Å². The minimum atomic E-state index is -0.840. The Kier molecular flexibility index (Phi) is 4.27. The number of nitrogens with zero attached hydrogens (tertiary/aromatic N) is 3. The summed E-state index contributed by atoms with van der Waals surface area (Å²) < 4.78 is 2.21. The summed E-state index contributed by atoms with van der Waals surface area (Å²) in [5.41, 5.74) is 0.108. The van der Waals surface area contributed by atoms with Crippen molar-refractivity contribution in [2.75, 3.05) is 13.1 Å². The summed E-state index contributed by atoms with van der Waals surface area (Å²) in [6, 6.07) is 9.82. The molecule has 3 rings (SSSR count). The molecule has 2 atom stereocenters. The van der Waals surface area contributed by atoms with Crippen molar-refractivity contribution in [2.24, 2.45) is 5.92 Å². The van der Waals surface area contributed by atoms with E-state index < -0.39 is 5.60 Å². The van der Waals surface area contributed by atoms with E-state index in [1.54, 1.807) is 0 Å². The number of hydrogen-bond acceptors (Lipinski definition) is 4. The summed E-state index contributed by atoms with van der Waals surface area (Å²) in [5, 5.41) is 22.4. The maximum Gasteiger partial charge on any atom is 0.133 e. The second-order valence-corrected chi connectivity index (χ2v) is 6.45. The molecule has 5 nitrogen and oxygen atoms in total. The molecule has 2 heterocycles. The van der Waals surface area contributed by atoms with Gasteiger partial charge in [-0.15, -0.1) is 10.2 Å².